The first-order chi connectivity index (χ1) is 14.5. The summed E-state index contributed by atoms with van der Waals surface area (Å²) in [6, 6.07) is 14.1. The van der Waals surface area contributed by atoms with Gasteiger partial charge in [0.05, 0.1) is 12.3 Å². The average molecular weight is 410 g/mol. The number of hydrogen-bond donors (Lipinski definition) is 1. The van der Waals surface area contributed by atoms with Gasteiger partial charge in [-0.3, -0.25) is 4.79 Å². The summed E-state index contributed by atoms with van der Waals surface area (Å²) in [5.74, 6) is 1.29. The summed E-state index contributed by atoms with van der Waals surface area (Å²) < 4.78 is 21.1. The lowest BCUT2D eigenvalue weighted by atomic mass is 10.2. The Labute approximate surface area is 173 Å². The third kappa shape index (κ3) is 5.38. The van der Waals surface area contributed by atoms with Crippen molar-refractivity contribution in [1.82, 2.24) is 5.16 Å². The predicted octanol–water partition coefficient (Wildman–Crippen LogP) is 4.28. The molecule has 30 heavy (non-hydrogen) atoms. The molecule has 1 heterocycles. The lowest BCUT2D eigenvalue weighted by molar-refractivity contribution is -0.119. The molecule has 8 nitrogen and oxygen atoms in total. The van der Waals surface area contributed by atoms with Crippen LogP contribution >= 0.6 is 0 Å². The number of anilines is 1. The second-order valence-electron chi connectivity index (χ2n) is 6.35. The Morgan fingerprint density at radius 3 is 2.13 bits per heavy atom. The van der Waals surface area contributed by atoms with Crippen LogP contribution in [0.3, 0.4) is 0 Å². The number of aryl methyl sites for hydroxylation is 2. The van der Waals surface area contributed by atoms with E-state index in [1.165, 1.54) is 0 Å². The summed E-state index contributed by atoms with van der Waals surface area (Å²) in [7, 11) is 0. The molecule has 0 bridgehead atoms. The van der Waals surface area contributed by atoms with E-state index in [0.717, 1.165) is 5.75 Å². The number of carbonyl (C=O) groups excluding carboxylic acids is 2. The number of carbonyl (C=O) groups is 2. The minimum Gasteiger partial charge on any atom is -0.494 e. The molecular formula is C22H22N2O6. The zero-order chi connectivity index (χ0) is 21.5. The van der Waals surface area contributed by atoms with E-state index < -0.39 is 18.5 Å². The third-order valence-electron chi connectivity index (χ3n) is 4.08. The number of esters is 1. The summed E-state index contributed by atoms with van der Waals surface area (Å²) in [5, 5.41) is 6.35. The Morgan fingerprint density at radius 1 is 0.967 bits per heavy atom. The van der Waals surface area contributed by atoms with Crippen molar-refractivity contribution in [3.05, 3.63) is 65.5 Å². The average Bonchev–Trinajstić information content (AvgIpc) is 3.07. The van der Waals surface area contributed by atoms with Crippen LogP contribution in [-0.4, -0.2) is 30.2 Å². The van der Waals surface area contributed by atoms with Gasteiger partial charge in [-0.25, -0.2) is 4.79 Å². The highest BCUT2D eigenvalue weighted by molar-refractivity contribution is 5.96. The lowest BCUT2D eigenvalue weighted by Gasteiger charge is -2.09. The van der Waals surface area contributed by atoms with Crippen molar-refractivity contribution in [2.45, 2.75) is 20.8 Å². The van der Waals surface area contributed by atoms with Crippen LogP contribution in [-0.2, 0) is 9.53 Å². The highest BCUT2D eigenvalue weighted by Gasteiger charge is 2.19. The summed E-state index contributed by atoms with van der Waals surface area (Å²) in [6.07, 6.45) is 0. The van der Waals surface area contributed by atoms with Gasteiger partial charge in [-0.1, -0.05) is 5.16 Å². The number of benzene rings is 2. The Morgan fingerprint density at radius 2 is 1.57 bits per heavy atom. The van der Waals surface area contributed by atoms with E-state index in [0.29, 0.717) is 35.2 Å². The lowest BCUT2D eigenvalue weighted by Crippen LogP contribution is -2.21. The Hall–Kier alpha value is -3.81. The van der Waals surface area contributed by atoms with Crippen LogP contribution in [0, 0.1) is 13.8 Å². The van der Waals surface area contributed by atoms with Gasteiger partial charge in [0, 0.05) is 5.69 Å². The van der Waals surface area contributed by atoms with E-state index in [4.69, 9.17) is 18.7 Å². The first-order valence-corrected chi connectivity index (χ1v) is 9.37. The number of hydrogen-bond acceptors (Lipinski definition) is 7. The van der Waals surface area contributed by atoms with E-state index >= 15 is 0 Å². The maximum absolute atomic E-state index is 12.1. The molecule has 1 N–H and O–H groups in total. The third-order valence-corrected chi connectivity index (χ3v) is 4.08. The fourth-order valence-electron chi connectivity index (χ4n) is 2.69. The number of ether oxygens (including phenoxy) is 3. The first-order valence-electron chi connectivity index (χ1n) is 9.37. The first kappa shape index (κ1) is 20.9. The van der Waals surface area contributed by atoms with Crippen LogP contribution in [0.15, 0.2) is 53.1 Å². The van der Waals surface area contributed by atoms with Crippen molar-refractivity contribution >= 4 is 17.6 Å². The van der Waals surface area contributed by atoms with Crippen LogP contribution in [0.4, 0.5) is 5.69 Å². The molecule has 0 radical (unpaired) electrons. The van der Waals surface area contributed by atoms with Crippen molar-refractivity contribution in [1.29, 1.82) is 0 Å². The molecule has 0 spiro atoms. The summed E-state index contributed by atoms with van der Waals surface area (Å²) in [5.41, 5.74) is 1.20. The number of nitrogens with one attached hydrogen (secondary N) is 1. The van der Waals surface area contributed by atoms with E-state index in [1.807, 2.05) is 31.2 Å². The molecule has 0 aliphatic carbocycles. The molecule has 0 unspecified atom stereocenters. The number of rotatable bonds is 8. The molecule has 0 saturated heterocycles. The smallest absolute Gasteiger partial charge is 0.344 e. The zero-order valence-corrected chi connectivity index (χ0v) is 16.9. The maximum Gasteiger partial charge on any atom is 0.344 e. The van der Waals surface area contributed by atoms with Gasteiger partial charge in [0.1, 0.15) is 28.6 Å². The second-order valence-corrected chi connectivity index (χ2v) is 6.35. The Bertz CT molecular complexity index is 990. The van der Waals surface area contributed by atoms with E-state index in [9.17, 15) is 9.59 Å². The minimum absolute atomic E-state index is 0.235. The van der Waals surface area contributed by atoms with Crippen LogP contribution in [0.5, 0.6) is 17.2 Å². The van der Waals surface area contributed by atoms with Crippen LogP contribution in [0.25, 0.3) is 0 Å². The minimum atomic E-state index is -0.652. The fraction of sp³-hybridized carbons (Fsp3) is 0.227. The van der Waals surface area contributed by atoms with Crippen molar-refractivity contribution in [2.24, 2.45) is 0 Å². The van der Waals surface area contributed by atoms with Gasteiger partial charge in [0.15, 0.2) is 6.61 Å². The topological polar surface area (TPSA) is 99.9 Å². The molecule has 0 saturated carbocycles. The monoisotopic (exact) mass is 410 g/mol. The quantitative estimate of drug-likeness (QED) is 0.553. The SMILES string of the molecule is CCOc1ccc(Oc2ccc(NC(=O)COC(=O)c3c(C)noc3C)cc2)cc1. The fourth-order valence-corrected chi connectivity index (χ4v) is 2.69. The molecule has 0 atom stereocenters. The van der Waals surface area contributed by atoms with E-state index in [2.05, 4.69) is 10.5 Å². The van der Waals surface area contributed by atoms with E-state index in [-0.39, 0.29) is 5.56 Å². The zero-order valence-electron chi connectivity index (χ0n) is 16.9. The van der Waals surface area contributed by atoms with Gasteiger partial charge >= 0.3 is 5.97 Å². The van der Waals surface area contributed by atoms with Crippen molar-refractivity contribution in [3.63, 3.8) is 0 Å². The van der Waals surface area contributed by atoms with Gasteiger partial charge in [0.25, 0.3) is 5.91 Å². The predicted molar refractivity (Wildman–Crippen MR) is 109 cm³/mol. The van der Waals surface area contributed by atoms with Crippen LogP contribution < -0.4 is 14.8 Å². The molecule has 2 aromatic carbocycles. The van der Waals surface area contributed by atoms with Crippen LogP contribution in [0.1, 0.15) is 28.7 Å². The number of nitrogens with zero attached hydrogens (tertiary/aromatic N) is 1. The Balaban J connectivity index is 1.50. The van der Waals surface area contributed by atoms with E-state index in [1.54, 1.807) is 38.1 Å². The molecule has 156 valence electrons. The molecule has 3 aromatic rings. The van der Waals surface area contributed by atoms with Gasteiger partial charge in [-0.05, 0) is 69.3 Å². The van der Waals surface area contributed by atoms with Crippen molar-refractivity contribution in [3.8, 4) is 17.2 Å². The molecule has 8 heteroatoms. The van der Waals surface area contributed by atoms with Crippen molar-refractivity contribution < 1.29 is 28.3 Å². The normalized spacial score (nSPS) is 10.4. The molecule has 1 amide bonds. The number of amides is 1. The van der Waals surface area contributed by atoms with Crippen LogP contribution in [0.2, 0.25) is 0 Å². The molecule has 0 fully saturated rings. The van der Waals surface area contributed by atoms with Gasteiger partial charge in [-0.2, -0.15) is 0 Å². The number of aromatic nitrogens is 1. The molecule has 0 aliphatic heterocycles. The molecule has 3 rings (SSSR count). The standard InChI is InChI=1S/C22H22N2O6/c1-4-27-17-9-11-19(12-10-17)29-18-7-5-16(6-8-18)23-20(25)13-28-22(26)21-14(2)24-30-15(21)3/h5-12H,4,13H2,1-3H3,(H,23,25). The molecule has 1 aromatic heterocycles. The van der Waals surface area contributed by atoms with Gasteiger partial charge < -0.3 is 24.1 Å². The molecular weight excluding hydrogens is 388 g/mol. The largest absolute Gasteiger partial charge is 0.494 e. The summed E-state index contributed by atoms with van der Waals surface area (Å²) >= 11 is 0. The maximum atomic E-state index is 12.1. The second kappa shape index (κ2) is 9.60. The van der Waals surface area contributed by atoms with Crippen molar-refractivity contribution in [2.75, 3.05) is 18.5 Å². The summed E-state index contributed by atoms with van der Waals surface area (Å²) in [4.78, 5) is 24.1. The molecule has 0 aliphatic rings. The highest BCUT2D eigenvalue weighted by Crippen LogP contribution is 2.25. The highest BCUT2D eigenvalue weighted by atomic mass is 16.5. The van der Waals surface area contributed by atoms with Gasteiger partial charge in [-0.15, -0.1) is 0 Å². The Kier molecular flexibility index (Phi) is 6.69. The summed E-state index contributed by atoms with van der Waals surface area (Å²) in [6.45, 7) is 5.34. The van der Waals surface area contributed by atoms with Gasteiger partial charge in [0.2, 0.25) is 0 Å².